The summed E-state index contributed by atoms with van der Waals surface area (Å²) in [5, 5.41) is 3.26. The van der Waals surface area contributed by atoms with Crippen LogP contribution >= 0.6 is 0 Å². The van der Waals surface area contributed by atoms with E-state index in [4.69, 9.17) is 5.73 Å². The highest BCUT2D eigenvalue weighted by molar-refractivity contribution is 5.55. The Kier molecular flexibility index (Phi) is 2.42. The Morgan fingerprint density at radius 1 is 1.50 bits per heavy atom. The SMILES string of the molecule is Cc1cc(F)cc(C2CCNC2)c1N. The number of nitrogens with one attached hydrogen (secondary N) is 1. The van der Waals surface area contributed by atoms with E-state index in [0.29, 0.717) is 5.92 Å². The van der Waals surface area contributed by atoms with E-state index in [0.717, 1.165) is 36.3 Å². The van der Waals surface area contributed by atoms with Crippen molar-refractivity contribution < 1.29 is 4.39 Å². The smallest absolute Gasteiger partial charge is 0.123 e. The molecule has 1 aromatic carbocycles. The van der Waals surface area contributed by atoms with Crippen LogP contribution in [0.5, 0.6) is 0 Å². The molecule has 0 saturated carbocycles. The summed E-state index contributed by atoms with van der Waals surface area (Å²) in [6, 6.07) is 3.06. The van der Waals surface area contributed by atoms with Gasteiger partial charge in [-0.1, -0.05) is 0 Å². The zero-order chi connectivity index (χ0) is 10.1. The summed E-state index contributed by atoms with van der Waals surface area (Å²) in [5.74, 6) is 0.197. The van der Waals surface area contributed by atoms with Gasteiger partial charge in [0, 0.05) is 12.2 Å². The average Bonchev–Trinajstić information content (AvgIpc) is 2.63. The van der Waals surface area contributed by atoms with Crippen LogP contribution < -0.4 is 11.1 Å². The Balaban J connectivity index is 2.40. The Morgan fingerprint density at radius 3 is 2.93 bits per heavy atom. The number of hydrogen-bond donors (Lipinski definition) is 2. The molecule has 76 valence electrons. The fourth-order valence-electron chi connectivity index (χ4n) is 2.04. The van der Waals surface area contributed by atoms with Crippen molar-refractivity contribution in [3.63, 3.8) is 0 Å². The van der Waals surface area contributed by atoms with E-state index in [1.807, 2.05) is 6.92 Å². The second-order valence-corrected chi connectivity index (χ2v) is 3.92. The highest BCUT2D eigenvalue weighted by Gasteiger charge is 2.20. The van der Waals surface area contributed by atoms with Gasteiger partial charge in [-0.15, -0.1) is 0 Å². The molecule has 3 N–H and O–H groups in total. The van der Waals surface area contributed by atoms with Gasteiger partial charge in [0.2, 0.25) is 0 Å². The zero-order valence-electron chi connectivity index (χ0n) is 8.31. The molecule has 1 aliphatic heterocycles. The Hall–Kier alpha value is -1.09. The van der Waals surface area contributed by atoms with Crippen LogP contribution in [-0.2, 0) is 0 Å². The van der Waals surface area contributed by atoms with Gasteiger partial charge in [-0.3, -0.25) is 0 Å². The topological polar surface area (TPSA) is 38.0 Å². The first-order valence-corrected chi connectivity index (χ1v) is 4.94. The van der Waals surface area contributed by atoms with Gasteiger partial charge < -0.3 is 11.1 Å². The normalized spacial score (nSPS) is 21.4. The van der Waals surface area contributed by atoms with Gasteiger partial charge in [-0.2, -0.15) is 0 Å². The Labute approximate surface area is 83.3 Å². The third kappa shape index (κ3) is 1.60. The lowest BCUT2D eigenvalue weighted by Gasteiger charge is -2.14. The number of hydrogen-bond acceptors (Lipinski definition) is 2. The first kappa shape index (κ1) is 9.46. The molecule has 0 bridgehead atoms. The maximum Gasteiger partial charge on any atom is 0.123 e. The second kappa shape index (κ2) is 3.58. The number of anilines is 1. The highest BCUT2D eigenvalue weighted by atomic mass is 19.1. The van der Waals surface area contributed by atoms with Crippen molar-refractivity contribution in [2.24, 2.45) is 0 Å². The minimum Gasteiger partial charge on any atom is -0.398 e. The summed E-state index contributed by atoms with van der Waals surface area (Å²) in [6.45, 7) is 3.76. The molecule has 1 fully saturated rings. The molecule has 1 aliphatic rings. The number of aryl methyl sites for hydroxylation is 1. The molecule has 0 aliphatic carbocycles. The number of nitrogens with two attached hydrogens (primary N) is 1. The second-order valence-electron chi connectivity index (χ2n) is 3.92. The molecule has 1 saturated heterocycles. The van der Waals surface area contributed by atoms with Crippen LogP contribution in [0.3, 0.4) is 0 Å². The van der Waals surface area contributed by atoms with E-state index in [1.54, 1.807) is 6.07 Å². The van der Waals surface area contributed by atoms with Gasteiger partial charge >= 0.3 is 0 Å². The molecule has 1 heterocycles. The molecule has 2 nitrogen and oxygen atoms in total. The fraction of sp³-hybridized carbons (Fsp3) is 0.455. The maximum atomic E-state index is 13.2. The van der Waals surface area contributed by atoms with Crippen molar-refractivity contribution in [2.75, 3.05) is 18.8 Å². The molecular weight excluding hydrogens is 179 g/mol. The van der Waals surface area contributed by atoms with Gasteiger partial charge in [-0.25, -0.2) is 4.39 Å². The van der Waals surface area contributed by atoms with Gasteiger partial charge in [0.05, 0.1) is 0 Å². The first-order valence-electron chi connectivity index (χ1n) is 4.94. The highest BCUT2D eigenvalue weighted by Crippen LogP contribution is 2.30. The summed E-state index contributed by atoms with van der Waals surface area (Å²) in [5.41, 5.74) is 8.49. The molecule has 0 aromatic heterocycles. The van der Waals surface area contributed by atoms with E-state index in [2.05, 4.69) is 5.32 Å². The van der Waals surface area contributed by atoms with Gasteiger partial charge in [0.15, 0.2) is 0 Å². The van der Waals surface area contributed by atoms with E-state index in [1.165, 1.54) is 6.07 Å². The van der Waals surface area contributed by atoms with Crippen molar-refractivity contribution in [2.45, 2.75) is 19.3 Å². The van der Waals surface area contributed by atoms with Crippen LogP contribution in [0.15, 0.2) is 12.1 Å². The number of halogens is 1. The predicted molar refractivity (Wildman–Crippen MR) is 55.8 cm³/mol. The van der Waals surface area contributed by atoms with Gasteiger partial charge in [0.1, 0.15) is 5.82 Å². The number of nitrogen functional groups attached to an aromatic ring is 1. The van der Waals surface area contributed by atoms with E-state index in [-0.39, 0.29) is 5.82 Å². The summed E-state index contributed by atoms with van der Waals surface area (Å²) in [7, 11) is 0. The van der Waals surface area contributed by atoms with E-state index < -0.39 is 0 Å². The minimum atomic E-state index is -0.182. The lowest BCUT2D eigenvalue weighted by Crippen LogP contribution is -2.10. The van der Waals surface area contributed by atoms with Crippen LogP contribution in [0, 0.1) is 12.7 Å². The van der Waals surface area contributed by atoms with Crippen molar-refractivity contribution in [3.8, 4) is 0 Å². The molecule has 1 atom stereocenters. The molecule has 0 radical (unpaired) electrons. The quantitative estimate of drug-likeness (QED) is 0.669. The summed E-state index contributed by atoms with van der Waals surface area (Å²) in [4.78, 5) is 0. The van der Waals surface area contributed by atoms with Crippen molar-refractivity contribution in [3.05, 3.63) is 29.1 Å². The lowest BCUT2D eigenvalue weighted by atomic mass is 9.94. The molecule has 1 aromatic rings. The maximum absolute atomic E-state index is 13.2. The molecule has 1 unspecified atom stereocenters. The third-order valence-electron chi connectivity index (χ3n) is 2.88. The monoisotopic (exact) mass is 194 g/mol. The summed E-state index contributed by atoms with van der Waals surface area (Å²) in [6.07, 6.45) is 1.05. The third-order valence-corrected chi connectivity index (χ3v) is 2.88. The van der Waals surface area contributed by atoms with Crippen LogP contribution in [0.25, 0.3) is 0 Å². The van der Waals surface area contributed by atoms with Gasteiger partial charge in [0.25, 0.3) is 0 Å². The standard InChI is InChI=1S/C11H15FN2/c1-7-4-9(12)5-10(11(7)13)8-2-3-14-6-8/h4-5,8,14H,2-3,6,13H2,1H3. The van der Waals surface area contributed by atoms with Crippen LogP contribution in [0.4, 0.5) is 10.1 Å². The molecule has 0 amide bonds. The molecular formula is C11H15FN2. The van der Waals surface area contributed by atoms with Crippen LogP contribution in [0.2, 0.25) is 0 Å². The fourth-order valence-corrected chi connectivity index (χ4v) is 2.04. The average molecular weight is 194 g/mol. The van der Waals surface area contributed by atoms with Crippen LogP contribution in [-0.4, -0.2) is 13.1 Å². The van der Waals surface area contributed by atoms with Crippen LogP contribution in [0.1, 0.15) is 23.5 Å². The largest absolute Gasteiger partial charge is 0.398 e. The van der Waals surface area contributed by atoms with Crippen molar-refractivity contribution >= 4 is 5.69 Å². The van der Waals surface area contributed by atoms with Gasteiger partial charge in [-0.05, 0) is 49.1 Å². The first-order chi connectivity index (χ1) is 6.68. The predicted octanol–water partition coefficient (Wildman–Crippen LogP) is 1.79. The van der Waals surface area contributed by atoms with Crippen molar-refractivity contribution in [1.82, 2.24) is 5.32 Å². The minimum absolute atomic E-state index is 0.182. The van der Waals surface area contributed by atoms with E-state index in [9.17, 15) is 4.39 Å². The lowest BCUT2D eigenvalue weighted by molar-refractivity contribution is 0.620. The van der Waals surface area contributed by atoms with E-state index >= 15 is 0 Å². The molecule has 14 heavy (non-hydrogen) atoms. The Bertz CT molecular complexity index is 343. The summed E-state index contributed by atoms with van der Waals surface area (Å²) < 4.78 is 13.2. The number of rotatable bonds is 1. The Morgan fingerprint density at radius 2 is 2.29 bits per heavy atom. The summed E-state index contributed by atoms with van der Waals surface area (Å²) >= 11 is 0. The molecule has 0 spiro atoms. The number of benzene rings is 1. The van der Waals surface area contributed by atoms with Crippen molar-refractivity contribution in [1.29, 1.82) is 0 Å². The zero-order valence-corrected chi connectivity index (χ0v) is 8.31. The molecule has 3 heteroatoms. The molecule has 2 rings (SSSR count).